The van der Waals surface area contributed by atoms with Crippen molar-refractivity contribution < 1.29 is 5.11 Å². The van der Waals surface area contributed by atoms with Crippen molar-refractivity contribution in [3.05, 3.63) is 11.9 Å². The van der Waals surface area contributed by atoms with E-state index in [1.807, 2.05) is 13.0 Å². The van der Waals surface area contributed by atoms with Gasteiger partial charge in [0.05, 0.1) is 0 Å². The number of nitrogens with zero attached hydrogens (tertiary/aromatic N) is 2. The van der Waals surface area contributed by atoms with Gasteiger partial charge in [-0.25, -0.2) is 9.97 Å². The SMILES string of the molecule is CCCNc1cc(NCC(C)CO)nc(C2CC2)n1. The van der Waals surface area contributed by atoms with Gasteiger partial charge in [-0.15, -0.1) is 0 Å². The Morgan fingerprint density at radius 2 is 2.00 bits per heavy atom. The average Bonchev–Trinajstić information content (AvgIpc) is 3.26. The molecule has 0 bridgehead atoms. The van der Waals surface area contributed by atoms with Crippen LogP contribution in [-0.2, 0) is 0 Å². The molecule has 0 aliphatic heterocycles. The molecule has 1 aromatic rings. The summed E-state index contributed by atoms with van der Waals surface area (Å²) in [7, 11) is 0. The van der Waals surface area contributed by atoms with Crippen LogP contribution in [0.3, 0.4) is 0 Å². The Bertz CT molecular complexity index is 406. The minimum atomic E-state index is 0.189. The lowest BCUT2D eigenvalue weighted by Crippen LogP contribution is -2.16. The van der Waals surface area contributed by atoms with E-state index in [2.05, 4.69) is 27.5 Å². The molecule has 0 spiro atoms. The topological polar surface area (TPSA) is 70.1 Å². The van der Waals surface area contributed by atoms with Crippen LogP contribution in [0.2, 0.25) is 0 Å². The number of aliphatic hydroxyl groups is 1. The van der Waals surface area contributed by atoms with E-state index in [0.717, 1.165) is 37.0 Å². The molecule has 0 amide bonds. The maximum absolute atomic E-state index is 9.05. The minimum Gasteiger partial charge on any atom is -0.396 e. The molecule has 0 radical (unpaired) electrons. The van der Waals surface area contributed by atoms with Gasteiger partial charge in [-0.3, -0.25) is 0 Å². The molecule has 1 saturated carbocycles. The first kappa shape index (κ1) is 14.1. The molecule has 106 valence electrons. The quantitative estimate of drug-likeness (QED) is 0.671. The Morgan fingerprint density at radius 3 is 2.58 bits per heavy atom. The second-order valence-electron chi connectivity index (χ2n) is 5.37. The van der Waals surface area contributed by atoms with Gasteiger partial charge in [-0.2, -0.15) is 0 Å². The molecule has 1 fully saturated rings. The molecule has 5 nitrogen and oxygen atoms in total. The maximum atomic E-state index is 9.05. The molecule has 0 saturated heterocycles. The monoisotopic (exact) mass is 264 g/mol. The molecule has 3 N–H and O–H groups in total. The van der Waals surface area contributed by atoms with Crippen LogP contribution in [0.15, 0.2) is 6.07 Å². The molecule has 1 unspecified atom stereocenters. The van der Waals surface area contributed by atoms with Gasteiger partial charge in [0.1, 0.15) is 17.5 Å². The van der Waals surface area contributed by atoms with Gasteiger partial charge in [-0.1, -0.05) is 13.8 Å². The molecular formula is C14H24N4O. The van der Waals surface area contributed by atoms with Gasteiger partial charge in [0, 0.05) is 31.7 Å². The summed E-state index contributed by atoms with van der Waals surface area (Å²) in [4.78, 5) is 9.13. The first-order valence-corrected chi connectivity index (χ1v) is 7.20. The maximum Gasteiger partial charge on any atom is 0.136 e. The number of rotatable bonds is 8. The van der Waals surface area contributed by atoms with Crippen LogP contribution in [0.1, 0.15) is 44.9 Å². The van der Waals surface area contributed by atoms with Crippen LogP contribution < -0.4 is 10.6 Å². The van der Waals surface area contributed by atoms with Crippen molar-refractivity contribution in [3.8, 4) is 0 Å². The third-order valence-electron chi connectivity index (χ3n) is 3.19. The van der Waals surface area contributed by atoms with Crippen molar-refractivity contribution in [3.63, 3.8) is 0 Å². The van der Waals surface area contributed by atoms with Crippen LogP contribution in [-0.4, -0.2) is 34.8 Å². The average molecular weight is 264 g/mol. The summed E-state index contributed by atoms with van der Waals surface area (Å²) in [5.74, 6) is 3.47. The van der Waals surface area contributed by atoms with E-state index in [-0.39, 0.29) is 12.5 Å². The summed E-state index contributed by atoms with van der Waals surface area (Å²) in [5, 5.41) is 15.7. The van der Waals surface area contributed by atoms with Gasteiger partial charge >= 0.3 is 0 Å². The molecule has 0 aromatic carbocycles. The first-order chi connectivity index (χ1) is 9.22. The first-order valence-electron chi connectivity index (χ1n) is 7.20. The summed E-state index contributed by atoms with van der Waals surface area (Å²) < 4.78 is 0. The van der Waals surface area contributed by atoms with Crippen molar-refractivity contribution in [2.45, 2.75) is 39.0 Å². The lowest BCUT2D eigenvalue weighted by Gasteiger charge is -2.13. The van der Waals surface area contributed by atoms with E-state index < -0.39 is 0 Å². The highest BCUT2D eigenvalue weighted by atomic mass is 16.3. The summed E-state index contributed by atoms with van der Waals surface area (Å²) in [6.07, 6.45) is 3.47. The second kappa shape index (κ2) is 6.70. The van der Waals surface area contributed by atoms with E-state index >= 15 is 0 Å². The Kier molecular flexibility index (Phi) is 4.96. The summed E-state index contributed by atoms with van der Waals surface area (Å²) in [5.41, 5.74) is 0. The van der Waals surface area contributed by atoms with E-state index in [9.17, 15) is 0 Å². The zero-order chi connectivity index (χ0) is 13.7. The normalized spacial score (nSPS) is 16.2. The van der Waals surface area contributed by atoms with Crippen molar-refractivity contribution in [2.75, 3.05) is 30.3 Å². The molecule has 1 aromatic heterocycles. The smallest absolute Gasteiger partial charge is 0.136 e. The number of hydrogen-bond acceptors (Lipinski definition) is 5. The van der Waals surface area contributed by atoms with Gasteiger partial charge < -0.3 is 15.7 Å². The highest BCUT2D eigenvalue weighted by Gasteiger charge is 2.27. The van der Waals surface area contributed by atoms with Crippen molar-refractivity contribution in [1.29, 1.82) is 0 Å². The van der Waals surface area contributed by atoms with E-state index in [1.54, 1.807) is 0 Å². The lowest BCUT2D eigenvalue weighted by molar-refractivity contribution is 0.244. The molecule has 5 heteroatoms. The summed E-state index contributed by atoms with van der Waals surface area (Å²) in [6, 6.07) is 1.95. The number of hydrogen-bond donors (Lipinski definition) is 3. The highest BCUT2D eigenvalue weighted by molar-refractivity contribution is 5.48. The van der Waals surface area contributed by atoms with Gasteiger partial charge in [0.15, 0.2) is 0 Å². The van der Waals surface area contributed by atoms with Crippen LogP contribution in [0, 0.1) is 5.92 Å². The molecule has 1 atom stereocenters. The van der Waals surface area contributed by atoms with E-state index in [4.69, 9.17) is 5.11 Å². The number of aliphatic hydroxyl groups excluding tert-OH is 1. The fourth-order valence-electron chi connectivity index (χ4n) is 1.77. The molecule has 1 aliphatic rings. The standard InChI is InChI=1S/C14H24N4O/c1-3-6-15-12-7-13(16-8-10(2)9-19)18-14(17-12)11-4-5-11/h7,10-11,19H,3-6,8-9H2,1-2H3,(H2,15,16,17,18). The van der Waals surface area contributed by atoms with Crippen LogP contribution in [0.25, 0.3) is 0 Å². The Morgan fingerprint density at radius 1 is 1.32 bits per heavy atom. The van der Waals surface area contributed by atoms with Gasteiger partial charge in [-0.05, 0) is 25.2 Å². The van der Waals surface area contributed by atoms with Crippen LogP contribution in [0.4, 0.5) is 11.6 Å². The predicted octanol–water partition coefficient (Wildman–Crippen LogP) is 2.22. The number of nitrogens with one attached hydrogen (secondary N) is 2. The molecule has 19 heavy (non-hydrogen) atoms. The number of anilines is 2. The second-order valence-corrected chi connectivity index (χ2v) is 5.37. The summed E-state index contributed by atoms with van der Waals surface area (Å²) >= 11 is 0. The molecule has 1 aliphatic carbocycles. The Labute approximate surface area is 114 Å². The van der Waals surface area contributed by atoms with Gasteiger partial charge in [0.25, 0.3) is 0 Å². The fourth-order valence-corrected chi connectivity index (χ4v) is 1.77. The molecule has 1 heterocycles. The predicted molar refractivity (Wildman–Crippen MR) is 77.5 cm³/mol. The third kappa shape index (κ3) is 4.35. The van der Waals surface area contributed by atoms with Crippen molar-refractivity contribution in [2.24, 2.45) is 5.92 Å². The molecular weight excluding hydrogens is 240 g/mol. The lowest BCUT2D eigenvalue weighted by atomic mass is 10.2. The largest absolute Gasteiger partial charge is 0.396 e. The zero-order valence-corrected chi connectivity index (χ0v) is 11.8. The highest BCUT2D eigenvalue weighted by Crippen LogP contribution is 2.38. The Balaban J connectivity index is 2.05. The van der Waals surface area contributed by atoms with E-state index in [0.29, 0.717) is 5.92 Å². The fraction of sp³-hybridized carbons (Fsp3) is 0.714. The third-order valence-corrected chi connectivity index (χ3v) is 3.19. The molecule has 2 rings (SSSR count). The van der Waals surface area contributed by atoms with Crippen molar-refractivity contribution in [1.82, 2.24) is 9.97 Å². The summed E-state index contributed by atoms with van der Waals surface area (Å²) in [6.45, 7) is 5.98. The van der Waals surface area contributed by atoms with Crippen LogP contribution in [0.5, 0.6) is 0 Å². The minimum absolute atomic E-state index is 0.189. The van der Waals surface area contributed by atoms with Crippen molar-refractivity contribution >= 4 is 11.6 Å². The Hall–Kier alpha value is -1.36. The van der Waals surface area contributed by atoms with E-state index in [1.165, 1.54) is 12.8 Å². The zero-order valence-electron chi connectivity index (χ0n) is 11.8. The van der Waals surface area contributed by atoms with Crippen LogP contribution >= 0.6 is 0 Å². The number of aromatic nitrogens is 2. The van der Waals surface area contributed by atoms with Gasteiger partial charge in [0.2, 0.25) is 0 Å².